The van der Waals surface area contributed by atoms with Gasteiger partial charge in [0.1, 0.15) is 0 Å². The monoisotopic (exact) mass is 532 g/mol. The van der Waals surface area contributed by atoms with Gasteiger partial charge < -0.3 is 0 Å². The second kappa shape index (κ2) is 9.22. The van der Waals surface area contributed by atoms with E-state index >= 15 is 0 Å². The molecule has 0 radical (unpaired) electrons. The minimum Gasteiger partial charge on any atom is -0.0622 e. The molecule has 0 amide bonds. The van der Waals surface area contributed by atoms with Gasteiger partial charge in [-0.2, -0.15) is 0 Å². The molecule has 0 N–H and O–H groups in total. The fourth-order valence-corrected chi connectivity index (χ4v) is 4.72. The summed E-state index contributed by atoms with van der Waals surface area (Å²) in [4.78, 5) is 0. The van der Waals surface area contributed by atoms with Gasteiger partial charge in [-0.1, -0.05) is 151 Å². The Morgan fingerprint density at radius 3 is 1.38 bits per heavy atom. The topological polar surface area (TPSA) is 0 Å². The largest absolute Gasteiger partial charge is 0.0636 e. The summed E-state index contributed by atoms with van der Waals surface area (Å²) >= 11 is 0. The first-order valence-corrected chi connectivity index (χ1v) is 11.8. The quantitative estimate of drug-likeness (QED) is 0.198. The second-order valence-electron chi connectivity index (χ2n) is 8.50. The highest BCUT2D eigenvalue weighted by Crippen LogP contribution is 2.44. The Labute approximate surface area is 270 Å². The van der Waals surface area contributed by atoms with E-state index in [2.05, 4.69) is 0 Å². The minimum atomic E-state index is -1.04. The molecule has 0 aliphatic carbocycles. The number of hydrogen-bond donors (Lipinski definition) is 0. The molecule has 0 saturated carbocycles. The predicted octanol–water partition coefficient (Wildman–Crippen LogP) is 11.3. The summed E-state index contributed by atoms with van der Waals surface area (Å²) in [6.07, 6.45) is 0. The van der Waals surface area contributed by atoms with Crippen LogP contribution in [-0.4, -0.2) is 0 Å². The Morgan fingerprint density at radius 2 is 0.750 bits per heavy atom. The van der Waals surface area contributed by atoms with Gasteiger partial charge in [-0.25, -0.2) is 0 Å². The Balaban J connectivity index is 1.77. The summed E-state index contributed by atoms with van der Waals surface area (Å²) < 4.78 is 231. The van der Waals surface area contributed by atoms with Crippen LogP contribution in [0.3, 0.4) is 0 Å². The third kappa shape index (κ3) is 3.54. The summed E-state index contributed by atoms with van der Waals surface area (Å²) in [6, 6.07) is -24.5. The third-order valence-electron chi connectivity index (χ3n) is 6.38. The third-order valence-corrected chi connectivity index (χ3v) is 6.38. The van der Waals surface area contributed by atoms with E-state index in [-0.39, 0.29) is 0 Å². The zero-order valence-electron chi connectivity index (χ0n) is 46.0. The van der Waals surface area contributed by atoms with Crippen molar-refractivity contribution in [3.8, 4) is 33.4 Å². The van der Waals surface area contributed by atoms with Crippen molar-refractivity contribution in [2.24, 2.45) is 0 Å². The zero-order valence-corrected chi connectivity index (χ0v) is 20.0. The van der Waals surface area contributed by atoms with Gasteiger partial charge in [0, 0.05) is 0 Å². The van der Waals surface area contributed by atoms with Gasteiger partial charge in [0.15, 0.2) is 0 Å². The maximum atomic E-state index is 9.93. The van der Waals surface area contributed by atoms with Crippen LogP contribution >= 0.6 is 0 Å². The van der Waals surface area contributed by atoms with Crippen LogP contribution in [0.5, 0.6) is 0 Å². The lowest BCUT2D eigenvalue weighted by atomic mass is 9.85. The average molecular weight is 533 g/mol. The van der Waals surface area contributed by atoms with Gasteiger partial charge in [-0.3, -0.25) is 0 Å². The van der Waals surface area contributed by atoms with Crippen LogP contribution in [0.1, 0.15) is 35.6 Å². The molecule has 0 heteroatoms. The van der Waals surface area contributed by atoms with Crippen molar-refractivity contribution in [2.75, 3.05) is 0 Å². The van der Waals surface area contributed by atoms with E-state index in [4.69, 9.17) is 24.7 Å². The van der Waals surface area contributed by atoms with Crippen LogP contribution in [0, 0.1) is 0 Å². The van der Waals surface area contributed by atoms with Gasteiger partial charge in [-0.15, -0.1) is 0 Å². The first kappa shape index (κ1) is 8.65. The number of benzene rings is 8. The molecular formula is C40H26. The highest BCUT2D eigenvalue weighted by Gasteiger charge is 2.17. The van der Waals surface area contributed by atoms with Crippen LogP contribution in [0.15, 0.2) is 157 Å². The van der Waals surface area contributed by atoms with Crippen molar-refractivity contribution in [1.82, 2.24) is 0 Å². The van der Waals surface area contributed by atoms with Crippen molar-refractivity contribution in [3.05, 3.63) is 157 Å². The van der Waals surface area contributed by atoms with Crippen LogP contribution in [0.4, 0.5) is 0 Å². The number of fused-ring (bicyclic) bond motifs is 4. The molecule has 0 atom stereocenters. The molecule has 186 valence electrons. The molecule has 0 saturated heterocycles. The standard InChI is InChI=1S/C40H26/c1-2-13-29(14-3-1)39-34-18-6-8-20-36(34)40(37-21-9-7-19-35(37)39)30-25-24-28-16-11-23-33(38(28)26-30)32-22-10-15-27-12-4-5-17-31(27)32/h1-26H/i1D,2D,3D,4D,5D,6D,7D,8D,9D,10D,11D,12D,13D,14D,15D,16D,17D,18D,19D,20D,21D,22D,23D,24D,25D,26D. The fourth-order valence-electron chi connectivity index (χ4n) is 4.72. The molecule has 0 aliphatic heterocycles. The number of hydrogen-bond acceptors (Lipinski definition) is 0. The highest BCUT2D eigenvalue weighted by molar-refractivity contribution is 6.22. The van der Waals surface area contributed by atoms with Crippen molar-refractivity contribution in [1.29, 1.82) is 0 Å². The number of rotatable bonds is 3. The molecule has 0 heterocycles. The maximum Gasteiger partial charge on any atom is 0.0636 e. The lowest BCUT2D eigenvalue weighted by molar-refractivity contribution is 1.66. The van der Waals surface area contributed by atoms with Gasteiger partial charge >= 0.3 is 0 Å². The molecule has 0 fully saturated rings. The van der Waals surface area contributed by atoms with Crippen molar-refractivity contribution in [2.45, 2.75) is 0 Å². The SMILES string of the molecule is [2H]c1c([2H])c([2H])c(-c2c3c([2H])c([2H])c([2H])c([2H])c3c(-c3c([2H])c([2H])c4c([2H])c([2H])c([2H])c(-c5c([2H])c([2H])c([2H])c6c([2H])c([2H])c([2H])c([2H])c56)c4c3[2H])c3c([2H])c([2H])c([2H])c([2H])c23)c([2H])c1[2H]. The molecule has 40 heavy (non-hydrogen) atoms. The molecular weight excluding hydrogens is 480 g/mol. The van der Waals surface area contributed by atoms with Gasteiger partial charge in [0.05, 0.1) is 35.6 Å². The smallest absolute Gasteiger partial charge is 0.0622 e. The lowest BCUT2D eigenvalue weighted by Crippen LogP contribution is -1.91. The summed E-state index contributed by atoms with van der Waals surface area (Å²) in [5, 5.41) is -5.56. The van der Waals surface area contributed by atoms with Gasteiger partial charge in [-0.05, 0) is 82.5 Å². The van der Waals surface area contributed by atoms with E-state index in [0.717, 1.165) is 0 Å². The van der Waals surface area contributed by atoms with E-state index in [9.17, 15) is 11.0 Å². The van der Waals surface area contributed by atoms with Crippen molar-refractivity contribution < 1.29 is 35.6 Å². The Bertz CT molecular complexity index is 3530. The average Bonchev–Trinajstić information content (AvgIpc) is 3.28. The molecule has 0 aliphatic rings. The first-order chi connectivity index (χ1) is 30.7. The Kier molecular flexibility index (Phi) is 1.99. The minimum absolute atomic E-state index is 0.604. The second-order valence-corrected chi connectivity index (χ2v) is 8.50. The van der Waals surface area contributed by atoms with E-state index in [0.29, 0.717) is 0 Å². The van der Waals surface area contributed by atoms with E-state index in [1.165, 1.54) is 0 Å². The fraction of sp³-hybridized carbons (Fsp3) is 0. The predicted molar refractivity (Wildman–Crippen MR) is 173 cm³/mol. The Hall–Kier alpha value is -5.20. The van der Waals surface area contributed by atoms with E-state index in [1.54, 1.807) is 0 Å². The molecule has 8 aromatic carbocycles. The summed E-state index contributed by atoms with van der Waals surface area (Å²) in [5.41, 5.74) is -4.51. The van der Waals surface area contributed by atoms with E-state index < -0.39 is 234 Å². The zero-order chi connectivity index (χ0) is 49.1. The molecule has 0 aromatic heterocycles. The normalized spacial score (nSPS) is 20.6. The van der Waals surface area contributed by atoms with Crippen molar-refractivity contribution >= 4 is 43.1 Å². The highest BCUT2D eigenvalue weighted by atomic mass is 14.2. The molecule has 8 aromatic rings. The van der Waals surface area contributed by atoms with Crippen LogP contribution in [0.2, 0.25) is 0 Å². The maximum absolute atomic E-state index is 9.93. The Morgan fingerprint density at radius 1 is 0.300 bits per heavy atom. The molecule has 0 spiro atoms. The van der Waals surface area contributed by atoms with Gasteiger partial charge in [0.2, 0.25) is 0 Å². The molecule has 0 unspecified atom stereocenters. The summed E-state index contributed by atoms with van der Waals surface area (Å²) in [6.45, 7) is 0. The lowest BCUT2D eigenvalue weighted by Gasteiger charge is -2.18. The van der Waals surface area contributed by atoms with Crippen LogP contribution in [-0.2, 0) is 0 Å². The van der Waals surface area contributed by atoms with Crippen LogP contribution < -0.4 is 0 Å². The van der Waals surface area contributed by atoms with Crippen molar-refractivity contribution in [3.63, 3.8) is 0 Å². The first-order valence-electron chi connectivity index (χ1n) is 24.8. The summed E-state index contributed by atoms with van der Waals surface area (Å²) in [7, 11) is 0. The van der Waals surface area contributed by atoms with Gasteiger partial charge in [0.25, 0.3) is 0 Å². The van der Waals surface area contributed by atoms with Crippen LogP contribution in [0.25, 0.3) is 76.5 Å². The van der Waals surface area contributed by atoms with E-state index in [1.807, 2.05) is 0 Å². The molecule has 8 rings (SSSR count). The summed E-state index contributed by atoms with van der Waals surface area (Å²) in [5.74, 6) is 0. The molecule has 0 bridgehead atoms. The molecule has 0 nitrogen and oxygen atoms in total.